The maximum absolute atomic E-state index is 12.2. The van der Waals surface area contributed by atoms with E-state index in [0.29, 0.717) is 18.3 Å². The third-order valence-corrected chi connectivity index (χ3v) is 4.00. The summed E-state index contributed by atoms with van der Waals surface area (Å²) in [7, 11) is 0. The summed E-state index contributed by atoms with van der Waals surface area (Å²) >= 11 is 3.06. The predicted molar refractivity (Wildman–Crippen MR) is 76.5 cm³/mol. The molecule has 0 unspecified atom stereocenters. The van der Waals surface area contributed by atoms with Gasteiger partial charge in [0.05, 0.1) is 11.1 Å². The minimum atomic E-state index is -4.69. The van der Waals surface area contributed by atoms with Gasteiger partial charge >= 0.3 is 6.36 Å². The number of rotatable bonds is 5. The fourth-order valence-electron chi connectivity index (χ4n) is 2.29. The normalized spacial score (nSPS) is 16.8. The summed E-state index contributed by atoms with van der Waals surface area (Å²) < 4.78 is 46.1. The number of hydrogen-bond donors (Lipinski definition) is 1. The minimum Gasteiger partial charge on any atom is -0.494 e. The van der Waals surface area contributed by atoms with Crippen LogP contribution in [0, 0.1) is 5.92 Å². The number of piperidine rings is 1. The van der Waals surface area contributed by atoms with Crippen molar-refractivity contribution < 1.29 is 22.6 Å². The van der Waals surface area contributed by atoms with Crippen molar-refractivity contribution in [1.82, 2.24) is 5.32 Å². The summed E-state index contributed by atoms with van der Waals surface area (Å²) in [5, 5.41) is 3.30. The highest BCUT2D eigenvalue weighted by atomic mass is 79.9. The van der Waals surface area contributed by atoms with Crippen molar-refractivity contribution in [2.75, 3.05) is 19.7 Å². The van der Waals surface area contributed by atoms with Gasteiger partial charge in [0.2, 0.25) is 0 Å². The summed E-state index contributed by atoms with van der Waals surface area (Å²) in [4.78, 5) is 0. The molecule has 1 aliphatic heterocycles. The highest BCUT2D eigenvalue weighted by Crippen LogP contribution is 2.33. The lowest BCUT2D eigenvalue weighted by atomic mass is 9.95. The molecular weight excluding hydrogens is 351 g/mol. The molecule has 0 amide bonds. The summed E-state index contributed by atoms with van der Waals surface area (Å²) in [6, 6.07) is 4.22. The van der Waals surface area contributed by atoms with Gasteiger partial charge in [0.25, 0.3) is 0 Å². The van der Waals surface area contributed by atoms with E-state index in [1.165, 1.54) is 18.2 Å². The maximum Gasteiger partial charge on any atom is 0.573 e. The SMILES string of the molecule is FC(F)(F)Oc1ccc(OCCC2CCNCC2)cc1Br. The molecule has 1 aliphatic rings. The fourth-order valence-corrected chi connectivity index (χ4v) is 2.73. The van der Waals surface area contributed by atoms with Crippen LogP contribution in [0.3, 0.4) is 0 Å². The van der Waals surface area contributed by atoms with Gasteiger partial charge in [0.1, 0.15) is 11.5 Å². The fraction of sp³-hybridized carbons (Fsp3) is 0.571. The third-order valence-electron chi connectivity index (χ3n) is 3.38. The van der Waals surface area contributed by atoms with Crippen LogP contribution in [0.4, 0.5) is 13.2 Å². The number of benzene rings is 1. The van der Waals surface area contributed by atoms with Gasteiger partial charge in [-0.2, -0.15) is 0 Å². The molecule has 118 valence electrons. The lowest BCUT2D eigenvalue weighted by Gasteiger charge is -2.22. The van der Waals surface area contributed by atoms with Crippen LogP contribution in [-0.2, 0) is 0 Å². The first-order valence-electron chi connectivity index (χ1n) is 6.83. The van der Waals surface area contributed by atoms with Crippen LogP contribution in [0.25, 0.3) is 0 Å². The molecule has 1 saturated heterocycles. The first-order chi connectivity index (χ1) is 9.94. The molecule has 0 aliphatic carbocycles. The number of alkyl halides is 3. The van der Waals surface area contributed by atoms with Gasteiger partial charge in [-0.25, -0.2) is 0 Å². The maximum atomic E-state index is 12.2. The van der Waals surface area contributed by atoms with E-state index >= 15 is 0 Å². The molecule has 1 aromatic carbocycles. The zero-order valence-corrected chi connectivity index (χ0v) is 13.0. The Kier molecular flexibility index (Phi) is 5.75. The molecule has 0 saturated carbocycles. The van der Waals surface area contributed by atoms with Crippen molar-refractivity contribution in [2.24, 2.45) is 5.92 Å². The van der Waals surface area contributed by atoms with E-state index in [9.17, 15) is 13.2 Å². The van der Waals surface area contributed by atoms with Crippen LogP contribution in [-0.4, -0.2) is 26.1 Å². The van der Waals surface area contributed by atoms with Gasteiger partial charge in [0, 0.05) is 0 Å². The zero-order valence-electron chi connectivity index (χ0n) is 11.4. The summed E-state index contributed by atoms with van der Waals surface area (Å²) in [6.45, 7) is 2.65. The largest absolute Gasteiger partial charge is 0.573 e. The van der Waals surface area contributed by atoms with Crippen molar-refractivity contribution in [3.8, 4) is 11.5 Å². The monoisotopic (exact) mass is 367 g/mol. The van der Waals surface area contributed by atoms with Crippen molar-refractivity contribution in [3.63, 3.8) is 0 Å². The van der Waals surface area contributed by atoms with Gasteiger partial charge in [0.15, 0.2) is 0 Å². The van der Waals surface area contributed by atoms with E-state index in [0.717, 1.165) is 32.4 Å². The Morgan fingerprint density at radius 3 is 2.57 bits per heavy atom. The van der Waals surface area contributed by atoms with E-state index in [1.807, 2.05) is 0 Å². The predicted octanol–water partition coefficient (Wildman–Crippen LogP) is 4.12. The Hall–Kier alpha value is -0.950. The molecule has 1 heterocycles. The second kappa shape index (κ2) is 7.35. The molecule has 0 spiro atoms. The lowest BCUT2D eigenvalue weighted by molar-refractivity contribution is -0.274. The molecule has 0 radical (unpaired) electrons. The Balaban J connectivity index is 1.82. The lowest BCUT2D eigenvalue weighted by Crippen LogP contribution is -2.28. The van der Waals surface area contributed by atoms with Crippen molar-refractivity contribution >= 4 is 15.9 Å². The Morgan fingerprint density at radius 2 is 1.95 bits per heavy atom. The second-order valence-electron chi connectivity index (χ2n) is 4.97. The van der Waals surface area contributed by atoms with Crippen molar-refractivity contribution in [2.45, 2.75) is 25.6 Å². The van der Waals surface area contributed by atoms with Crippen LogP contribution in [0.2, 0.25) is 0 Å². The van der Waals surface area contributed by atoms with Gasteiger partial charge in [-0.15, -0.1) is 13.2 Å². The number of ether oxygens (including phenoxy) is 2. The van der Waals surface area contributed by atoms with Crippen LogP contribution in [0.5, 0.6) is 11.5 Å². The Morgan fingerprint density at radius 1 is 1.24 bits per heavy atom. The molecule has 1 aromatic rings. The van der Waals surface area contributed by atoms with E-state index in [2.05, 4.69) is 26.0 Å². The van der Waals surface area contributed by atoms with Gasteiger partial charge < -0.3 is 14.8 Å². The van der Waals surface area contributed by atoms with Crippen molar-refractivity contribution in [1.29, 1.82) is 0 Å². The molecule has 7 heteroatoms. The topological polar surface area (TPSA) is 30.5 Å². The highest BCUT2D eigenvalue weighted by molar-refractivity contribution is 9.10. The highest BCUT2D eigenvalue weighted by Gasteiger charge is 2.32. The molecule has 0 aromatic heterocycles. The first-order valence-corrected chi connectivity index (χ1v) is 7.62. The number of halogens is 4. The smallest absolute Gasteiger partial charge is 0.494 e. The quantitative estimate of drug-likeness (QED) is 0.849. The van der Waals surface area contributed by atoms with E-state index in [4.69, 9.17) is 4.74 Å². The Bertz CT molecular complexity index is 462. The Labute approximate surface area is 129 Å². The molecule has 0 bridgehead atoms. The average Bonchev–Trinajstić information content (AvgIpc) is 2.42. The van der Waals surface area contributed by atoms with Crippen LogP contribution in [0.1, 0.15) is 19.3 Å². The third kappa shape index (κ3) is 5.74. The molecule has 1 fully saturated rings. The van der Waals surface area contributed by atoms with Crippen molar-refractivity contribution in [3.05, 3.63) is 22.7 Å². The molecule has 1 N–H and O–H groups in total. The van der Waals surface area contributed by atoms with Crippen LogP contribution in [0.15, 0.2) is 22.7 Å². The summed E-state index contributed by atoms with van der Waals surface area (Å²) in [5.74, 6) is 0.918. The van der Waals surface area contributed by atoms with Gasteiger partial charge in [-0.05, 0) is 72.4 Å². The average molecular weight is 368 g/mol. The van der Waals surface area contributed by atoms with Crippen LogP contribution >= 0.6 is 15.9 Å². The van der Waals surface area contributed by atoms with Crippen LogP contribution < -0.4 is 14.8 Å². The van der Waals surface area contributed by atoms with E-state index in [-0.39, 0.29) is 10.2 Å². The van der Waals surface area contributed by atoms with E-state index < -0.39 is 6.36 Å². The number of hydrogen-bond acceptors (Lipinski definition) is 3. The van der Waals surface area contributed by atoms with E-state index in [1.54, 1.807) is 0 Å². The summed E-state index contributed by atoms with van der Waals surface area (Å²) in [6.07, 6.45) is -1.45. The molecule has 2 rings (SSSR count). The molecule has 21 heavy (non-hydrogen) atoms. The minimum absolute atomic E-state index is 0.221. The number of nitrogens with one attached hydrogen (secondary N) is 1. The summed E-state index contributed by atoms with van der Waals surface area (Å²) in [5.41, 5.74) is 0. The first kappa shape index (κ1) is 16.4. The zero-order chi connectivity index (χ0) is 15.3. The molecule has 3 nitrogen and oxygen atoms in total. The van der Waals surface area contributed by atoms with Gasteiger partial charge in [-0.1, -0.05) is 0 Å². The molecule has 0 atom stereocenters. The van der Waals surface area contributed by atoms with Gasteiger partial charge in [-0.3, -0.25) is 0 Å². The standard InChI is InChI=1S/C14H17BrF3NO2/c15-12-9-11(1-2-13(12)21-14(16,17)18)20-8-5-10-3-6-19-7-4-10/h1-2,9-10,19H,3-8H2. The second-order valence-corrected chi connectivity index (χ2v) is 5.82. The molecular formula is C14H17BrF3NO2.